The number of nitrogens with one attached hydrogen (secondary N) is 1. The molecule has 20 heavy (non-hydrogen) atoms. The maximum atomic E-state index is 6.19. The summed E-state index contributed by atoms with van der Waals surface area (Å²) in [4.78, 5) is 2.10. The molecule has 0 heterocycles. The van der Waals surface area contributed by atoms with Gasteiger partial charge in [0.2, 0.25) is 0 Å². The Labute approximate surface area is 130 Å². The molecule has 0 radical (unpaired) electrons. The van der Waals surface area contributed by atoms with Gasteiger partial charge in [0.25, 0.3) is 0 Å². The van der Waals surface area contributed by atoms with Crippen molar-refractivity contribution in [3.05, 3.63) is 57.6 Å². The molecular weight excluding hydrogens is 291 g/mol. The smallest absolute Gasteiger partial charge is 0.0642 e. The van der Waals surface area contributed by atoms with E-state index in [-0.39, 0.29) is 0 Å². The molecule has 2 nitrogen and oxygen atoms in total. The third-order valence-corrected chi connectivity index (χ3v) is 4.06. The Morgan fingerprint density at radius 1 is 1.10 bits per heavy atom. The Morgan fingerprint density at radius 2 is 1.85 bits per heavy atom. The van der Waals surface area contributed by atoms with Crippen LogP contribution in [0.3, 0.4) is 0 Å². The van der Waals surface area contributed by atoms with E-state index in [0.29, 0.717) is 16.6 Å². The highest BCUT2D eigenvalue weighted by molar-refractivity contribution is 6.42. The maximum Gasteiger partial charge on any atom is 0.0642 e. The van der Waals surface area contributed by atoms with Gasteiger partial charge in [-0.3, -0.25) is 0 Å². The molecule has 0 amide bonds. The lowest BCUT2D eigenvalue weighted by Crippen LogP contribution is -2.11. The van der Waals surface area contributed by atoms with Crippen molar-refractivity contribution in [2.75, 3.05) is 24.3 Å². The number of rotatable bonds is 4. The van der Waals surface area contributed by atoms with E-state index < -0.39 is 0 Å². The summed E-state index contributed by atoms with van der Waals surface area (Å²) >= 11 is 12.2. The zero-order valence-corrected chi connectivity index (χ0v) is 13.4. The number of nitrogens with zero attached hydrogens (tertiary/aromatic N) is 1. The largest absolute Gasteiger partial charge is 0.381 e. The lowest BCUT2D eigenvalue weighted by atomic mass is 10.1. The first kappa shape index (κ1) is 15.0. The molecule has 0 bridgehead atoms. The highest BCUT2D eigenvalue weighted by atomic mass is 35.5. The molecule has 0 unspecified atom stereocenters. The van der Waals surface area contributed by atoms with Crippen LogP contribution in [-0.4, -0.2) is 14.1 Å². The molecule has 2 aromatic rings. The van der Waals surface area contributed by atoms with Crippen molar-refractivity contribution in [2.45, 2.75) is 13.5 Å². The van der Waals surface area contributed by atoms with Gasteiger partial charge in [-0.1, -0.05) is 41.4 Å². The van der Waals surface area contributed by atoms with Crippen LogP contribution in [0, 0.1) is 6.92 Å². The van der Waals surface area contributed by atoms with Gasteiger partial charge in [0, 0.05) is 32.0 Å². The normalized spacial score (nSPS) is 10.4. The molecule has 106 valence electrons. The average molecular weight is 309 g/mol. The van der Waals surface area contributed by atoms with Gasteiger partial charge in [-0.15, -0.1) is 0 Å². The summed E-state index contributed by atoms with van der Waals surface area (Å²) in [5.74, 6) is 0. The van der Waals surface area contributed by atoms with Crippen LogP contribution in [0.25, 0.3) is 0 Å². The molecule has 2 aromatic carbocycles. The summed E-state index contributed by atoms with van der Waals surface area (Å²) in [6.07, 6.45) is 0. The highest BCUT2D eigenvalue weighted by Gasteiger charge is 2.05. The fraction of sp³-hybridized carbons (Fsp3) is 0.250. The van der Waals surface area contributed by atoms with E-state index >= 15 is 0 Å². The molecule has 1 N–H and O–H groups in total. The summed E-state index contributed by atoms with van der Waals surface area (Å²) in [7, 11) is 4.08. The molecule has 4 heteroatoms. The van der Waals surface area contributed by atoms with Crippen molar-refractivity contribution >= 4 is 34.6 Å². The average Bonchev–Trinajstić information content (AvgIpc) is 2.41. The summed E-state index contributed by atoms with van der Waals surface area (Å²) in [5, 5.41) is 4.58. The third kappa shape index (κ3) is 3.38. The van der Waals surface area contributed by atoms with E-state index in [1.54, 1.807) is 6.07 Å². The molecule has 0 aliphatic heterocycles. The van der Waals surface area contributed by atoms with Crippen molar-refractivity contribution < 1.29 is 0 Å². The van der Waals surface area contributed by atoms with E-state index in [9.17, 15) is 0 Å². The van der Waals surface area contributed by atoms with Gasteiger partial charge in [0.05, 0.1) is 10.0 Å². The third-order valence-electron chi connectivity index (χ3n) is 3.21. The minimum atomic E-state index is 0.587. The molecule has 0 aliphatic carbocycles. The van der Waals surface area contributed by atoms with Gasteiger partial charge >= 0.3 is 0 Å². The Balaban J connectivity index is 2.15. The first-order valence-electron chi connectivity index (χ1n) is 6.44. The number of halogens is 2. The number of hydrogen-bond donors (Lipinski definition) is 1. The van der Waals surface area contributed by atoms with Gasteiger partial charge in [-0.05, 0) is 36.2 Å². The Morgan fingerprint density at radius 3 is 2.55 bits per heavy atom. The van der Waals surface area contributed by atoms with Gasteiger partial charge in [0.15, 0.2) is 0 Å². The Hall–Kier alpha value is -1.38. The minimum Gasteiger partial charge on any atom is -0.381 e. The SMILES string of the molecule is Cc1ccc(NCc2cccc(Cl)c2Cl)cc1N(C)C. The van der Waals surface area contributed by atoms with Crippen LogP contribution < -0.4 is 10.2 Å². The van der Waals surface area contributed by atoms with Crippen LogP contribution in [-0.2, 0) is 6.54 Å². The number of aryl methyl sites for hydroxylation is 1. The fourth-order valence-electron chi connectivity index (χ4n) is 2.08. The van der Waals surface area contributed by atoms with Crippen molar-refractivity contribution in [1.82, 2.24) is 0 Å². The highest BCUT2D eigenvalue weighted by Crippen LogP contribution is 2.27. The second kappa shape index (κ2) is 6.38. The number of anilines is 2. The maximum absolute atomic E-state index is 6.19. The summed E-state index contributed by atoms with van der Waals surface area (Å²) in [6.45, 7) is 2.75. The van der Waals surface area contributed by atoms with E-state index in [1.807, 2.05) is 26.2 Å². The molecule has 0 fully saturated rings. The van der Waals surface area contributed by atoms with E-state index in [1.165, 1.54) is 11.3 Å². The predicted molar refractivity (Wildman–Crippen MR) is 89.3 cm³/mol. The van der Waals surface area contributed by atoms with Crippen molar-refractivity contribution in [3.8, 4) is 0 Å². The lowest BCUT2D eigenvalue weighted by Gasteiger charge is -2.17. The van der Waals surface area contributed by atoms with Crippen LogP contribution in [0.5, 0.6) is 0 Å². The molecule has 2 rings (SSSR count). The second-order valence-corrected chi connectivity index (χ2v) is 5.75. The summed E-state index contributed by atoms with van der Waals surface area (Å²) in [5.41, 5.74) is 4.51. The molecule has 0 saturated carbocycles. The van der Waals surface area contributed by atoms with Gasteiger partial charge in [-0.25, -0.2) is 0 Å². The second-order valence-electron chi connectivity index (χ2n) is 4.96. The molecule has 0 spiro atoms. The van der Waals surface area contributed by atoms with Crippen LogP contribution in [0.2, 0.25) is 10.0 Å². The Kier molecular flexibility index (Phi) is 4.79. The predicted octanol–water partition coefficient (Wildman–Crippen LogP) is 4.98. The Bertz CT molecular complexity index is 609. The van der Waals surface area contributed by atoms with E-state index in [0.717, 1.165) is 11.3 Å². The van der Waals surface area contributed by atoms with Crippen molar-refractivity contribution in [1.29, 1.82) is 0 Å². The number of hydrogen-bond acceptors (Lipinski definition) is 2. The standard InChI is InChI=1S/C16H18Cl2N2/c1-11-7-8-13(9-15(11)20(2)3)19-10-12-5-4-6-14(17)16(12)18/h4-9,19H,10H2,1-3H3. The first-order chi connectivity index (χ1) is 9.49. The van der Waals surface area contributed by atoms with Crippen LogP contribution in [0.1, 0.15) is 11.1 Å². The molecule has 0 aromatic heterocycles. The van der Waals surface area contributed by atoms with Crippen LogP contribution in [0.15, 0.2) is 36.4 Å². The molecule has 0 aliphatic rings. The summed E-state index contributed by atoms with van der Waals surface area (Å²) < 4.78 is 0. The first-order valence-corrected chi connectivity index (χ1v) is 7.19. The lowest BCUT2D eigenvalue weighted by molar-refractivity contribution is 1.10. The quantitative estimate of drug-likeness (QED) is 0.857. The molecular formula is C16H18Cl2N2. The topological polar surface area (TPSA) is 15.3 Å². The molecule has 0 saturated heterocycles. The summed E-state index contributed by atoms with van der Waals surface area (Å²) in [6, 6.07) is 12.0. The van der Waals surface area contributed by atoms with Crippen molar-refractivity contribution in [2.24, 2.45) is 0 Å². The van der Waals surface area contributed by atoms with Gasteiger partial charge in [-0.2, -0.15) is 0 Å². The van der Waals surface area contributed by atoms with Crippen LogP contribution >= 0.6 is 23.2 Å². The molecule has 0 atom stereocenters. The van der Waals surface area contributed by atoms with Gasteiger partial charge < -0.3 is 10.2 Å². The zero-order valence-electron chi connectivity index (χ0n) is 11.9. The minimum absolute atomic E-state index is 0.587. The fourth-order valence-corrected chi connectivity index (χ4v) is 2.47. The zero-order chi connectivity index (χ0) is 14.7. The van der Waals surface area contributed by atoms with Gasteiger partial charge in [0.1, 0.15) is 0 Å². The number of benzene rings is 2. The van der Waals surface area contributed by atoms with E-state index in [4.69, 9.17) is 23.2 Å². The van der Waals surface area contributed by atoms with E-state index in [2.05, 4.69) is 35.3 Å². The van der Waals surface area contributed by atoms with Crippen molar-refractivity contribution in [3.63, 3.8) is 0 Å². The van der Waals surface area contributed by atoms with Crippen LogP contribution in [0.4, 0.5) is 11.4 Å². The monoisotopic (exact) mass is 308 g/mol.